The smallest absolute Gasteiger partial charge is 0.224 e. The van der Waals surface area contributed by atoms with Crippen LogP contribution in [0.3, 0.4) is 0 Å². The molecule has 0 saturated heterocycles. The summed E-state index contributed by atoms with van der Waals surface area (Å²) in [6, 6.07) is 11.0. The number of benzene rings is 2. The molecule has 0 bridgehead atoms. The highest BCUT2D eigenvalue weighted by Crippen LogP contribution is 2.26. The number of amidine groups is 1. The molecule has 0 radical (unpaired) electrons. The van der Waals surface area contributed by atoms with Crippen molar-refractivity contribution < 1.29 is 24.3 Å². The summed E-state index contributed by atoms with van der Waals surface area (Å²) in [6.45, 7) is 6.58. The van der Waals surface area contributed by atoms with Crippen molar-refractivity contribution in [3.63, 3.8) is 0 Å². The summed E-state index contributed by atoms with van der Waals surface area (Å²) >= 11 is 0. The third-order valence-corrected chi connectivity index (χ3v) is 8.45. The molecule has 4 atom stereocenters. The zero-order valence-corrected chi connectivity index (χ0v) is 28.4. The first-order valence-electron chi connectivity index (χ1n) is 16.5. The molecule has 0 aliphatic carbocycles. The Morgan fingerprint density at radius 3 is 2.11 bits per heavy atom. The van der Waals surface area contributed by atoms with Crippen LogP contribution < -0.4 is 27.8 Å². The normalized spacial score (nSPS) is 14.2. The number of aliphatic imine (C=N–C) groups is 1. The molecule has 0 aliphatic rings. The number of carbonyl (C=O) groups excluding carboxylic acids is 4. The number of ketones is 2. The van der Waals surface area contributed by atoms with Gasteiger partial charge in [0, 0.05) is 31.2 Å². The Morgan fingerprint density at radius 2 is 1.51 bits per heavy atom. The van der Waals surface area contributed by atoms with Crippen molar-refractivity contribution in [3.05, 3.63) is 64.7 Å². The Morgan fingerprint density at radius 1 is 0.872 bits per heavy atom. The Kier molecular flexibility index (Phi) is 16.8. The van der Waals surface area contributed by atoms with E-state index in [2.05, 4.69) is 15.6 Å². The number of hydrogen-bond acceptors (Lipinski definition) is 8. The van der Waals surface area contributed by atoms with Gasteiger partial charge in [-0.2, -0.15) is 0 Å². The third kappa shape index (κ3) is 14.1. The molecule has 2 rings (SSSR count). The van der Waals surface area contributed by atoms with Gasteiger partial charge in [-0.1, -0.05) is 30.3 Å². The minimum absolute atomic E-state index is 0.114. The largest absolute Gasteiger partial charge is 0.508 e. The van der Waals surface area contributed by atoms with Crippen molar-refractivity contribution in [1.29, 1.82) is 0 Å². The SMILES string of the molecule is CNCCCCC(NC(=O)C(CC(=O)C(N)CCCN=C(C)N)Cc1c(C)cc(O)cc1C)C(=O)CC(Cc1ccccc1)C(N)=O. The molecule has 2 aromatic rings. The van der Waals surface area contributed by atoms with Crippen molar-refractivity contribution in [2.45, 2.75) is 90.6 Å². The fourth-order valence-corrected chi connectivity index (χ4v) is 5.73. The molecule has 2 amide bonds. The van der Waals surface area contributed by atoms with Crippen molar-refractivity contribution in [3.8, 4) is 5.75 Å². The number of unbranched alkanes of at least 4 members (excludes halogenated alkanes) is 1. The van der Waals surface area contributed by atoms with Crippen molar-refractivity contribution in [2.24, 2.45) is 34.0 Å². The van der Waals surface area contributed by atoms with Crippen molar-refractivity contribution in [2.75, 3.05) is 20.1 Å². The summed E-state index contributed by atoms with van der Waals surface area (Å²) in [5.41, 5.74) is 20.9. The van der Waals surface area contributed by atoms with Gasteiger partial charge in [0.2, 0.25) is 11.8 Å². The number of nitrogens with two attached hydrogens (primary N) is 3. The fourth-order valence-electron chi connectivity index (χ4n) is 5.73. The van der Waals surface area contributed by atoms with E-state index in [1.807, 2.05) is 51.2 Å². The Bertz CT molecular complexity index is 1340. The molecule has 0 aliphatic heterocycles. The number of hydrogen-bond donors (Lipinski definition) is 6. The van der Waals surface area contributed by atoms with Gasteiger partial charge in [0.15, 0.2) is 5.78 Å². The molecule has 47 heavy (non-hydrogen) atoms. The van der Waals surface area contributed by atoms with Gasteiger partial charge in [0.05, 0.1) is 17.9 Å². The van der Waals surface area contributed by atoms with Gasteiger partial charge < -0.3 is 32.9 Å². The molecule has 0 saturated carbocycles. The molecule has 0 aromatic heterocycles. The molecule has 11 heteroatoms. The summed E-state index contributed by atoms with van der Waals surface area (Å²) in [4.78, 5) is 57.6. The average molecular weight is 651 g/mol. The van der Waals surface area contributed by atoms with Crippen molar-refractivity contribution in [1.82, 2.24) is 10.6 Å². The molecule has 258 valence electrons. The van der Waals surface area contributed by atoms with Gasteiger partial charge in [-0.15, -0.1) is 0 Å². The zero-order valence-electron chi connectivity index (χ0n) is 28.4. The van der Waals surface area contributed by atoms with Crippen LogP contribution in [0, 0.1) is 25.7 Å². The number of Topliss-reactive ketones (excluding diaryl/α,β-unsaturated/α-hetero) is 2. The quantitative estimate of drug-likeness (QED) is 0.0634. The number of rotatable bonds is 22. The van der Waals surface area contributed by atoms with E-state index >= 15 is 0 Å². The number of phenolic OH excluding ortho intramolecular Hbond substituents is 1. The number of carbonyl (C=O) groups is 4. The molecule has 11 nitrogen and oxygen atoms in total. The lowest BCUT2D eigenvalue weighted by atomic mass is 9.86. The Labute approximate surface area is 279 Å². The standard InChI is InChI=1S/C36H54N6O5/c1-23-17-29(43)18-24(2)30(23)20-28(22-33(44)31(38)13-10-16-41-25(3)37)36(47)42-32(14-8-9-15-40-4)34(45)21-27(35(39)46)19-26-11-6-5-7-12-26/h5-7,11-12,17-18,27-28,31-32,40,43H,8-10,13-16,19-22,38H2,1-4H3,(H2,37,41)(H2,39,46)(H,42,47). The maximum Gasteiger partial charge on any atom is 0.224 e. The first-order valence-corrected chi connectivity index (χ1v) is 16.5. The lowest BCUT2D eigenvalue weighted by Gasteiger charge is -2.25. The van der Waals surface area contributed by atoms with E-state index in [4.69, 9.17) is 17.2 Å². The van der Waals surface area contributed by atoms with Crippen LogP contribution in [0.5, 0.6) is 5.75 Å². The highest BCUT2D eigenvalue weighted by molar-refractivity contribution is 5.94. The summed E-state index contributed by atoms with van der Waals surface area (Å²) in [5.74, 6) is -2.53. The van der Waals surface area contributed by atoms with E-state index in [9.17, 15) is 24.3 Å². The van der Waals surface area contributed by atoms with Gasteiger partial charge in [-0.25, -0.2) is 0 Å². The first-order chi connectivity index (χ1) is 22.3. The second-order valence-corrected chi connectivity index (χ2v) is 12.5. The summed E-state index contributed by atoms with van der Waals surface area (Å²) in [5, 5.41) is 16.1. The van der Waals surface area contributed by atoms with E-state index in [0.717, 1.165) is 35.2 Å². The number of aryl methyl sites for hydroxylation is 2. The number of aromatic hydroxyl groups is 1. The highest BCUT2D eigenvalue weighted by atomic mass is 16.3. The number of amides is 2. The molecular weight excluding hydrogens is 596 g/mol. The Balaban J connectivity index is 2.31. The van der Waals surface area contributed by atoms with Crippen LogP contribution in [0.1, 0.15) is 74.1 Å². The van der Waals surface area contributed by atoms with E-state index in [0.29, 0.717) is 44.5 Å². The lowest BCUT2D eigenvalue weighted by molar-refractivity contribution is -0.133. The van der Waals surface area contributed by atoms with Gasteiger partial charge >= 0.3 is 0 Å². The van der Waals surface area contributed by atoms with Crippen LogP contribution in [0.15, 0.2) is 47.5 Å². The molecule has 9 N–H and O–H groups in total. The number of nitrogens with zero attached hydrogens (tertiary/aromatic N) is 1. The molecular formula is C36H54N6O5. The minimum atomic E-state index is -0.859. The lowest BCUT2D eigenvalue weighted by Crippen LogP contribution is -2.46. The number of primary amides is 1. The van der Waals surface area contributed by atoms with Crippen LogP contribution in [-0.2, 0) is 32.0 Å². The summed E-state index contributed by atoms with van der Waals surface area (Å²) in [7, 11) is 1.84. The maximum absolute atomic E-state index is 14.0. The van der Waals surface area contributed by atoms with Gasteiger partial charge in [0.1, 0.15) is 11.5 Å². The molecule has 0 heterocycles. The predicted octanol–water partition coefficient (Wildman–Crippen LogP) is 2.79. The third-order valence-electron chi connectivity index (χ3n) is 8.45. The molecule has 4 unspecified atom stereocenters. The maximum atomic E-state index is 14.0. The van der Waals surface area contributed by atoms with Gasteiger partial charge in [-0.05, 0) is 114 Å². The first kappa shape index (κ1) is 39.1. The van der Waals surface area contributed by atoms with Gasteiger partial charge in [0.25, 0.3) is 0 Å². The van der Waals surface area contributed by atoms with E-state index in [-0.39, 0.29) is 36.6 Å². The van der Waals surface area contributed by atoms with E-state index in [1.54, 1.807) is 19.1 Å². The fraction of sp³-hybridized carbons (Fsp3) is 0.528. The monoisotopic (exact) mass is 650 g/mol. The van der Waals surface area contributed by atoms with Crippen LogP contribution in [0.2, 0.25) is 0 Å². The van der Waals surface area contributed by atoms with E-state index < -0.39 is 35.7 Å². The summed E-state index contributed by atoms with van der Waals surface area (Å²) in [6.07, 6.45) is 3.08. The van der Waals surface area contributed by atoms with Crippen LogP contribution in [0.25, 0.3) is 0 Å². The Hall–Kier alpha value is -4.09. The summed E-state index contributed by atoms with van der Waals surface area (Å²) < 4.78 is 0. The predicted molar refractivity (Wildman–Crippen MR) is 186 cm³/mol. The molecule has 0 spiro atoms. The number of phenols is 1. The molecule has 0 fully saturated rings. The second-order valence-electron chi connectivity index (χ2n) is 12.5. The van der Waals surface area contributed by atoms with Crippen LogP contribution in [0.4, 0.5) is 0 Å². The minimum Gasteiger partial charge on any atom is -0.508 e. The van der Waals surface area contributed by atoms with Crippen LogP contribution >= 0.6 is 0 Å². The van der Waals surface area contributed by atoms with E-state index in [1.165, 1.54) is 0 Å². The van der Waals surface area contributed by atoms with Crippen LogP contribution in [-0.4, -0.2) is 66.5 Å². The second kappa shape index (κ2) is 20.2. The number of nitrogens with one attached hydrogen (secondary N) is 2. The van der Waals surface area contributed by atoms with Crippen molar-refractivity contribution >= 4 is 29.2 Å². The molecule has 2 aromatic carbocycles. The zero-order chi connectivity index (χ0) is 34.9. The average Bonchev–Trinajstić information content (AvgIpc) is 3.01. The van der Waals surface area contributed by atoms with Gasteiger partial charge in [-0.3, -0.25) is 24.2 Å². The topological polar surface area (TPSA) is 203 Å². The highest BCUT2D eigenvalue weighted by Gasteiger charge is 2.31.